The Balaban J connectivity index is 0.00000228. The largest absolute Gasteiger partial charge is 0.412 e. The molecule has 1 aromatic heterocycles. The van der Waals surface area contributed by atoms with Gasteiger partial charge in [-0.2, -0.15) is 12.6 Å². The highest BCUT2D eigenvalue weighted by Crippen LogP contribution is 2.30. The zero-order chi connectivity index (χ0) is 23.9. The van der Waals surface area contributed by atoms with Crippen molar-refractivity contribution >= 4 is 18.3 Å². The van der Waals surface area contributed by atoms with Gasteiger partial charge in [0.15, 0.2) is 0 Å². The lowest BCUT2D eigenvalue weighted by Crippen LogP contribution is -2.35. The molecule has 0 radical (unpaired) electrons. The van der Waals surface area contributed by atoms with Crippen LogP contribution in [0, 0.1) is 11.6 Å². The van der Waals surface area contributed by atoms with E-state index in [4.69, 9.17) is 12.6 Å². The van der Waals surface area contributed by atoms with Gasteiger partial charge in [0.1, 0.15) is 24.3 Å². The van der Waals surface area contributed by atoms with Crippen molar-refractivity contribution in [1.82, 2.24) is 20.1 Å². The Morgan fingerprint density at radius 1 is 1.00 bits per heavy atom. The topological polar surface area (TPSA) is 109 Å². The second kappa shape index (κ2) is 14.3. The molecule has 1 fully saturated rings. The number of hydrogen-bond donors (Lipinski definition) is 2. The van der Waals surface area contributed by atoms with Gasteiger partial charge in [-0.25, -0.2) is 8.78 Å². The number of aromatic nitrogens is 3. The van der Waals surface area contributed by atoms with Crippen molar-refractivity contribution in [3.05, 3.63) is 77.9 Å². The highest BCUT2D eigenvalue weighted by Gasteiger charge is 2.24. The zero-order valence-electron chi connectivity index (χ0n) is 20.6. The first-order valence-electron chi connectivity index (χ1n) is 12.1. The smallest absolute Gasteiger partial charge is 0.147 e. The minimum atomic E-state index is -0.367. The summed E-state index contributed by atoms with van der Waals surface area (Å²) in [7, 11) is 0. The third-order valence-corrected chi connectivity index (χ3v) is 7.38. The van der Waals surface area contributed by atoms with E-state index in [1.165, 1.54) is 17.7 Å². The predicted octanol–water partition coefficient (Wildman–Crippen LogP) is 4.07. The molecule has 10 heteroatoms. The molecule has 1 aliphatic heterocycles. The molecule has 2 heterocycles. The first-order chi connectivity index (χ1) is 16.5. The van der Waals surface area contributed by atoms with Gasteiger partial charge in [0, 0.05) is 48.6 Å². The van der Waals surface area contributed by atoms with Gasteiger partial charge in [-0.3, -0.25) is 0 Å². The summed E-state index contributed by atoms with van der Waals surface area (Å²) in [5.74, 6) is -0.732. The Kier molecular flexibility index (Phi) is 11.8. The molecule has 2 atom stereocenters. The van der Waals surface area contributed by atoms with Crippen molar-refractivity contribution in [3.8, 4) is 0 Å². The lowest BCUT2D eigenvalue weighted by molar-refractivity contribution is 0.392. The number of hydrogen-bond acceptors (Lipinski definition) is 5. The van der Waals surface area contributed by atoms with E-state index in [2.05, 4.69) is 34.6 Å². The third kappa shape index (κ3) is 7.49. The molecule has 0 aliphatic carbocycles. The van der Waals surface area contributed by atoms with Crippen LogP contribution in [0.25, 0.3) is 0 Å². The number of piperidine rings is 1. The fraction of sp³-hybridized carbons (Fsp3) is 0.462. The van der Waals surface area contributed by atoms with E-state index < -0.39 is 0 Å². The molecule has 0 bridgehead atoms. The van der Waals surface area contributed by atoms with Crippen LogP contribution in [0.4, 0.5) is 14.5 Å². The molecule has 0 spiro atoms. The van der Waals surface area contributed by atoms with Gasteiger partial charge < -0.3 is 25.7 Å². The molecule has 2 aromatic carbocycles. The maximum Gasteiger partial charge on any atom is 0.147 e. The Morgan fingerprint density at radius 2 is 1.67 bits per heavy atom. The van der Waals surface area contributed by atoms with Gasteiger partial charge >= 0.3 is 0 Å². The lowest BCUT2D eigenvalue weighted by Gasteiger charge is -2.34. The van der Waals surface area contributed by atoms with Gasteiger partial charge in [0.25, 0.3) is 0 Å². The van der Waals surface area contributed by atoms with Crippen molar-refractivity contribution in [2.75, 3.05) is 18.0 Å². The number of thiol groups is 1. The predicted molar refractivity (Wildman–Crippen MR) is 142 cm³/mol. The molecule has 0 amide bonds. The Hall–Kier alpha value is -2.53. The fourth-order valence-corrected chi connectivity index (χ4v) is 4.98. The second-order valence-corrected chi connectivity index (χ2v) is 9.64. The standard InChI is InChI=1S/C26H33F2N5S.2H2O/c1-2-21(8-9-26(34)19-6-4-3-5-7-19)29-16-20-14-24(28)25(15-23(20)27)32-12-10-22(11-13-32)33-17-30-31-18-33;;/h3-7,14-15,17-18,21-22,26,29,34H,2,8-13,16H2,1H3;2*1H2/t21-,26-;;/m0../s1. The molecule has 0 unspecified atom stereocenters. The average Bonchev–Trinajstić information content (AvgIpc) is 3.41. The minimum absolute atomic E-state index is 0. The molecule has 0 saturated carbocycles. The second-order valence-electron chi connectivity index (χ2n) is 9.01. The summed E-state index contributed by atoms with van der Waals surface area (Å²) < 4.78 is 31.9. The number of nitrogens with zero attached hydrogens (tertiary/aromatic N) is 4. The van der Waals surface area contributed by atoms with Crippen LogP contribution in [0.3, 0.4) is 0 Å². The van der Waals surface area contributed by atoms with E-state index in [1.807, 2.05) is 27.7 Å². The Labute approximate surface area is 217 Å². The summed E-state index contributed by atoms with van der Waals surface area (Å²) >= 11 is 4.74. The van der Waals surface area contributed by atoms with Crippen LogP contribution in [0.1, 0.15) is 61.4 Å². The van der Waals surface area contributed by atoms with Crippen molar-refractivity contribution in [2.24, 2.45) is 0 Å². The number of halogens is 2. The molecule has 1 aliphatic rings. The fourth-order valence-electron chi connectivity index (χ4n) is 4.66. The molecule has 36 heavy (non-hydrogen) atoms. The molecule has 3 aromatic rings. The van der Waals surface area contributed by atoms with Crippen LogP contribution < -0.4 is 10.2 Å². The van der Waals surface area contributed by atoms with Crippen LogP contribution in [0.15, 0.2) is 55.1 Å². The number of rotatable bonds is 10. The van der Waals surface area contributed by atoms with E-state index in [-0.39, 0.29) is 33.9 Å². The van der Waals surface area contributed by atoms with E-state index >= 15 is 0 Å². The molecule has 4 rings (SSSR count). The summed E-state index contributed by atoms with van der Waals surface area (Å²) in [5, 5.41) is 11.3. The molecule has 5 N–H and O–H groups in total. The van der Waals surface area contributed by atoms with Crippen molar-refractivity contribution < 1.29 is 19.7 Å². The lowest BCUT2D eigenvalue weighted by atomic mass is 10.0. The summed E-state index contributed by atoms with van der Waals surface area (Å²) in [6, 6.07) is 13.4. The molecular weight excluding hydrogens is 484 g/mol. The number of nitrogens with one attached hydrogen (secondary N) is 1. The maximum absolute atomic E-state index is 15.0. The minimum Gasteiger partial charge on any atom is -0.412 e. The van der Waals surface area contributed by atoms with Crippen molar-refractivity contribution in [2.45, 2.75) is 62.9 Å². The summed E-state index contributed by atoms with van der Waals surface area (Å²) in [4.78, 5) is 1.93. The number of anilines is 1. The van der Waals surface area contributed by atoms with Gasteiger partial charge in [-0.1, -0.05) is 37.3 Å². The van der Waals surface area contributed by atoms with Crippen molar-refractivity contribution in [3.63, 3.8) is 0 Å². The molecule has 198 valence electrons. The van der Waals surface area contributed by atoms with Crippen LogP contribution in [-0.2, 0) is 6.54 Å². The zero-order valence-corrected chi connectivity index (χ0v) is 21.5. The van der Waals surface area contributed by atoms with Crippen LogP contribution in [0.2, 0.25) is 0 Å². The molecule has 7 nitrogen and oxygen atoms in total. The van der Waals surface area contributed by atoms with Crippen LogP contribution >= 0.6 is 12.6 Å². The Bertz CT molecular complexity index is 1030. The van der Waals surface area contributed by atoms with Crippen LogP contribution in [-0.4, -0.2) is 44.8 Å². The van der Waals surface area contributed by atoms with Crippen LogP contribution in [0.5, 0.6) is 0 Å². The summed E-state index contributed by atoms with van der Waals surface area (Å²) in [6.07, 6.45) is 7.86. The van der Waals surface area contributed by atoms with E-state index in [0.29, 0.717) is 36.9 Å². The normalized spacial score (nSPS) is 15.6. The first kappa shape index (κ1) is 29.7. The van der Waals surface area contributed by atoms with E-state index in [0.717, 1.165) is 32.1 Å². The first-order valence-corrected chi connectivity index (χ1v) is 12.6. The highest BCUT2D eigenvalue weighted by atomic mass is 32.1. The van der Waals surface area contributed by atoms with E-state index in [9.17, 15) is 8.78 Å². The van der Waals surface area contributed by atoms with Gasteiger partial charge in [0.05, 0.1) is 5.69 Å². The monoisotopic (exact) mass is 521 g/mol. The Morgan fingerprint density at radius 3 is 2.31 bits per heavy atom. The quantitative estimate of drug-likeness (QED) is 0.392. The maximum atomic E-state index is 15.0. The molecule has 1 saturated heterocycles. The molecular formula is C26H37F2N5O2S. The van der Waals surface area contributed by atoms with Gasteiger partial charge in [-0.05, 0) is 43.7 Å². The van der Waals surface area contributed by atoms with Crippen molar-refractivity contribution in [1.29, 1.82) is 0 Å². The summed E-state index contributed by atoms with van der Waals surface area (Å²) in [5.41, 5.74) is 1.91. The summed E-state index contributed by atoms with van der Waals surface area (Å²) in [6.45, 7) is 3.75. The van der Waals surface area contributed by atoms with Gasteiger partial charge in [-0.15, -0.1) is 10.2 Å². The third-order valence-electron chi connectivity index (χ3n) is 6.83. The average molecular weight is 522 g/mol. The highest BCUT2D eigenvalue weighted by molar-refractivity contribution is 7.80. The van der Waals surface area contributed by atoms with E-state index in [1.54, 1.807) is 12.7 Å². The SMILES string of the molecule is CC[C@@H](CC[C@H](S)c1ccccc1)NCc1cc(F)c(N2CCC(n3cnnc3)CC2)cc1F.O.O. The number of benzene rings is 2. The van der Waals surface area contributed by atoms with Gasteiger partial charge in [0.2, 0.25) is 0 Å².